The topological polar surface area (TPSA) is 9.86 Å². The van der Waals surface area contributed by atoms with Gasteiger partial charge in [0.2, 0.25) is 0 Å². The molecule has 0 spiro atoms. The number of rotatable bonds is 8. The highest BCUT2D eigenvalue weighted by molar-refractivity contribution is 6.26. The average Bonchev–Trinajstić information content (AvgIpc) is 3.68. The molecular weight excluding hydrogens is 617 g/mol. The lowest BCUT2D eigenvalue weighted by Gasteiger charge is -2.21. The van der Waals surface area contributed by atoms with Gasteiger partial charge in [-0.25, -0.2) is 0 Å². The van der Waals surface area contributed by atoms with Crippen LogP contribution in [0.15, 0.2) is 164 Å². The van der Waals surface area contributed by atoms with Gasteiger partial charge in [-0.2, -0.15) is 0 Å². The number of hydrogen-bond acceptors (Lipinski definition) is 0. The number of para-hydroxylation sites is 3. The molecular formula is C49H44N2. The second-order valence-corrected chi connectivity index (χ2v) is 13.8. The van der Waals surface area contributed by atoms with E-state index in [4.69, 9.17) is 0 Å². The van der Waals surface area contributed by atoms with Crippen molar-refractivity contribution in [3.8, 4) is 5.69 Å². The summed E-state index contributed by atoms with van der Waals surface area (Å²) in [5, 5.41) is 5.11. The van der Waals surface area contributed by atoms with Gasteiger partial charge < -0.3 is 9.13 Å². The zero-order valence-electron chi connectivity index (χ0n) is 30.0. The van der Waals surface area contributed by atoms with Crippen LogP contribution < -0.4 is 0 Å². The smallest absolute Gasteiger partial charge is 0.0641 e. The number of allylic oxidation sites excluding steroid dienone is 11. The fraction of sp³-hybridized carbons (Fsp3) is 0.143. The minimum Gasteiger partial charge on any atom is -0.309 e. The molecule has 0 radical (unpaired) electrons. The van der Waals surface area contributed by atoms with Gasteiger partial charge in [-0.05, 0) is 104 Å². The molecule has 5 aromatic carbocycles. The quantitative estimate of drug-likeness (QED) is 0.144. The molecule has 2 aromatic heterocycles. The molecule has 7 aromatic rings. The lowest BCUT2D eigenvalue weighted by atomic mass is 9.86. The van der Waals surface area contributed by atoms with Gasteiger partial charge in [-0.3, -0.25) is 0 Å². The maximum Gasteiger partial charge on any atom is 0.0641 e. The molecule has 0 N–H and O–H groups in total. The number of aromatic nitrogens is 2. The summed E-state index contributed by atoms with van der Waals surface area (Å²) in [6.07, 6.45) is 18.0. The van der Waals surface area contributed by atoms with E-state index in [9.17, 15) is 0 Å². The summed E-state index contributed by atoms with van der Waals surface area (Å²) < 4.78 is 4.92. The number of nitrogens with zero attached hydrogens (tertiary/aromatic N) is 2. The molecule has 0 amide bonds. The van der Waals surface area contributed by atoms with Gasteiger partial charge in [0.15, 0.2) is 0 Å². The molecule has 0 saturated carbocycles. The van der Waals surface area contributed by atoms with E-state index in [-0.39, 0.29) is 5.92 Å². The third-order valence-electron chi connectivity index (χ3n) is 10.3. The highest BCUT2D eigenvalue weighted by Gasteiger charge is 2.22. The van der Waals surface area contributed by atoms with Crippen molar-refractivity contribution in [3.63, 3.8) is 0 Å². The fourth-order valence-electron chi connectivity index (χ4n) is 8.01. The largest absolute Gasteiger partial charge is 0.309 e. The van der Waals surface area contributed by atoms with Gasteiger partial charge in [-0.1, -0.05) is 128 Å². The van der Waals surface area contributed by atoms with E-state index in [1.165, 1.54) is 82.8 Å². The molecule has 8 rings (SSSR count). The van der Waals surface area contributed by atoms with Crippen molar-refractivity contribution in [1.29, 1.82) is 0 Å². The van der Waals surface area contributed by atoms with Crippen LogP contribution >= 0.6 is 0 Å². The molecule has 1 aliphatic carbocycles. The summed E-state index contributed by atoms with van der Waals surface area (Å²) in [4.78, 5) is 0. The maximum atomic E-state index is 4.18. The second kappa shape index (κ2) is 13.5. The highest BCUT2D eigenvalue weighted by atomic mass is 15.0. The molecule has 2 heteroatoms. The highest BCUT2D eigenvalue weighted by Crippen LogP contribution is 2.43. The van der Waals surface area contributed by atoms with Gasteiger partial charge in [0, 0.05) is 38.8 Å². The number of fused-ring (bicyclic) bond motifs is 7. The minimum atomic E-state index is 0.277. The minimum absolute atomic E-state index is 0.277. The van der Waals surface area contributed by atoms with Crippen LogP contribution in [0.25, 0.3) is 66.1 Å². The maximum absolute atomic E-state index is 4.18. The first-order valence-corrected chi connectivity index (χ1v) is 18.2. The van der Waals surface area contributed by atoms with E-state index >= 15 is 0 Å². The Kier molecular flexibility index (Phi) is 8.53. The van der Waals surface area contributed by atoms with E-state index < -0.39 is 0 Å². The number of benzene rings is 5. The monoisotopic (exact) mass is 660 g/mol. The van der Waals surface area contributed by atoms with Gasteiger partial charge in [-0.15, -0.1) is 0 Å². The summed E-state index contributed by atoms with van der Waals surface area (Å²) in [5.41, 5.74) is 14.7. The molecule has 1 atom stereocenters. The van der Waals surface area contributed by atoms with Crippen LogP contribution in [0, 0.1) is 0 Å². The van der Waals surface area contributed by atoms with Gasteiger partial charge >= 0.3 is 0 Å². The zero-order chi connectivity index (χ0) is 35.1. The van der Waals surface area contributed by atoms with Crippen molar-refractivity contribution >= 4 is 60.5 Å². The molecule has 0 saturated heterocycles. The lowest BCUT2D eigenvalue weighted by Crippen LogP contribution is -2.04. The molecule has 250 valence electrons. The fourth-order valence-corrected chi connectivity index (χ4v) is 8.01. The Morgan fingerprint density at radius 2 is 1.47 bits per heavy atom. The predicted molar refractivity (Wildman–Crippen MR) is 223 cm³/mol. The Morgan fingerprint density at radius 3 is 2.18 bits per heavy atom. The third-order valence-corrected chi connectivity index (χ3v) is 10.3. The summed E-state index contributed by atoms with van der Waals surface area (Å²) in [5.74, 6) is 0.277. The van der Waals surface area contributed by atoms with Crippen molar-refractivity contribution in [2.45, 2.75) is 46.5 Å². The molecule has 1 aliphatic rings. The van der Waals surface area contributed by atoms with Gasteiger partial charge in [0.1, 0.15) is 0 Å². The Bertz CT molecular complexity index is 2630. The first kappa shape index (κ1) is 32.4. The lowest BCUT2D eigenvalue weighted by molar-refractivity contribution is 0.849. The first-order valence-electron chi connectivity index (χ1n) is 18.2. The van der Waals surface area contributed by atoms with Crippen molar-refractivity contribution in [1.82, 2.24) is 9.13 Å². The molecule has 51 heavy (non-hydrogen) atoms. The molecule has 1 unspecified atom stereocenters. The van der Waals surface area contributed by atoms with Crippen molar-refractivity contribution in [2.75, 3.05) is 0 Å². The van der Waals surface area contributed by atoms with Crippen LogP contribution in [0.1, 0.15) is 63.1 Å². The van der Waals surface area contributed by atoms with E-state index in [1.807, 2.05) is 0 Å². The Hall–Kier alpha value is -5.86. The molecule has 0 aliphatic heterocycles. The van der Waals surface area contributed by atoms with Crippen LogP contribution in [0.4, 0.5) is 0 Å². The zero-order valence-corrected chi connectivity index (χ0v) is 30.0. The van der Waals surface area contributed by atoms with Crippen LogP contribution in [-0.4, -0.2) is 9.13 Å². The summed E-state index contributed by atoms with van der Waals surface area (Å²) in [6.45, 7) is 12.8. The van der Waals surface area contributed by atoms with Gasteiger partial charge in [0.25, 0.3) is 0 Å². The Morgan fingerprint density at radius 1 is 0.765 bits per heavy atom. The van der Waals surface area contributed by atoms with Crippen LogP contribution in [0.2, 0.25) is 0 Å². The summed E-state index contributed by atoms with van der Waals surface area (Å²) in [6, 6.07) is 40.2. The van der Waals surface area contributed by atoms with Crippen molar-refractivity contribution in [2.24, 2.45) is 0 Å². The standard InChI is InChI=1S/C49H44N2/c1-6-15-34(5)37-30-38(32-39(31-37)36(16-7-2)29-33(3)4)35-23-25-41(26-24-35)50-46-22-14-12-20-44(46)48-47(50)28-27-43-42-19-11-13-21-45(42)51(49(43)48)40-17-9-8-10-18-40/h7-23,25-32,35H,3,6,24H2,1-2,4-5H3/b16-7-,34-15+,36-29+. The SMILES string of the molecule is C=C(C)/C=C(\C=C/C)c1cc(/C(C)=C/CC)cc(C2C=CC(n3c4ccccc4c4c3ccc3c5ccccc5n(-c5ccccc5)c34)=CC2)c1. The van der Waals surface area contributed by atoms with Crippen molar-refractivity contribution in [3.05, 3.63) is 181 Å². The summed E-state index contributed by atoms with van der Waals surface area (Å²) in [7, 11) is 0. The second-order valence-electron chi connectivity index (χ2n) is 13.8. The van der Waals surface area contributed by atoms with E-state index in [0.29, 0.717) is 0 Å². The van der Waals surface area contributed by atoms with Crippen LogP contribution in [-0.2, 0) is 0 Å². The molecule has 0 fully saturated rings. The summed E-state index contributed by atoms with van der Waals surface area (Å²) >= 11 is 0. The van der Waals surface area contributed by atoms with Crippen LogP contribution in [0.3, 0.4) is 0 Å². The van der Waals surface area contributed by atoms with Crippen LogP contribution in [0.5, 0.6) is 0 Å². The van der Waals surface area contributed by atoms with E-state index in [0.717, 1.165) is 18.4 Å². The van der Waals surface area contributed by atoms with E-state index in [2.05, 4.69) is 195 Å². The third kappa shape index (κ3) is 5.71. The number of hydrogen-bond donors (Lipinski definition) is 0. The first-order chi connectivity index (χ1) is 25.0. The van der Waals surface area contributed by atoms with Gasteiger partial charge in [0.05, 0.1) is 22.1 Å². The van der Waals surface area contributed by atoms with E-state index in [1.54, 1.807) is 0 Å². The normalized spacial score (nSPS) is 15.5. The predicted octanol–water partition coefficient (Wildman–Crippen LogP) is 13.8. The molecule has 2 heterocycles. The average molecular weight is 661 g/mol. The molecule has 0 bridgehead atoms. The Labute approximate surface area is 301 Å². The molecule has 2 nitrogen and oxygen atoms in total. The van der Waals surface area contributed by atoms with Crippen molar-refractivity contribution < 1.29 is 0 Å². The Balaban J connectivity index is 1.28.